The fourth-order valence-corrected chi connectivity index (χ4v) is 1.17. The van der Waals surface area contributed by atoms with Crippen LogP contribution in [0, 0.1) is 0 Å². The summed E-state index contributed by atoms with van der Waals surface area (Å²) in [7, 11) is -4.31. The first-order chi connectivity index (χ1) is 7.22. The first-order valence-electron chi connectivity index (χ1n) is 4.29. The Morgan fingerprint density at radius 1 is 1.38 bits per heavy atom. The summed E-state index contributed by atoms with van der Waals surface area (Å²) in [5.41, 5.74) is 15.5. The van der Waals surface area contributed by atoms with E-state index in [-0.39, 0.29) is 12.4 Å². The molecule has 0 fully saturated rings. The molecule has 94 valence electrons. The fraction of sp³-hybridized carbons (Fsp3) is 0.667. The van der Waals surface area contributed by atoms with E-state index in [1.165, 1.54) is 0 Å². The van der Waals surface area contributed by atoms with Crippen LogP contribution in [0.1, 0.15) is 12.8 Å². The Morgan fingerprint density at radius 2 is 1.94 bits per heavy atom. The molecule has 0 aromatic rings. The van der Waals surface area contributed by atoms with E-state index < -0.39 is 22.3 Å². The Kier molecular flexibility index (Phi) is 5.71. The number of hydrogen-bond acceptors (Lipinski definition) is 6. The zero-order valence-corrected chi connectivity index (χ0v) is 9.31. The summed E-state index contributed by atoms with van der Waals surface area (Å²) in [5.74, 6) is -1.17. The zero-order chi connectivity index (χ0) is 12.8. The highest BCUT2D eigenvalue weighted by molar-refractivity contribution is 7.84. The third-order valence-electron chi connectivity index (χ3n) is 1.47. The van der Waals surface area contributed by atoms with Gasteiger partial charge in [-0.25, -0.2) is 4.79 Å². The van der Waals surface area contributed by atoms with Crippen LogP contribution in [0.3, 0.4) is 0 Å². The number of carbonyl (C=O) groups excluding carboxylic acids is 1. The van der Waals surface area contributed by atoms with Crippen molar-refractivity contribution in [3.8, 4) is 0 Å². The first-order valence-corrected chi connectivity index (χ1v) is 5.76. The second-order valence-electron chi connectivity index (χ2n) is 2.95. The third-order valence-corrected chi connectivity index (χ3v) is 1.87. The lowest BCUT2D eigenvalue weighted by molar-refractivity contribution is -0.135. The van der Waals surface area contributed by atoms with Crippen LogP contribution in [0.4, 0.5) is 0 Å². The molecule has 0 bridgehead atoms. The molecule has 8 N–H and O–H groups in total. The molecule has 0 rings (SSSR count). The van der Waals surface area contributed by atoms with Crippen LogP contribution in [0.25, 0.3) is 0 Å². The highest BCUT2D eigenvalue weighted by Gasteiger charge is 2.19. The summed E-state index contributed by atoms with van der Waals surface area (Å²) >= 11 is 0. The van der Waals surface area contributed by atoms with Crippen LogP contribution in [0.2, 0.25) is 0 Å². The van der Waals surface area contributed by atoms with E-state index in [2.05, 4.69) is 14.3 Å². The van der Waals surface area contributed by atoms with Crippen LogP contribution >= 0.6 is 0 Å². The lowest BCUT2D eigenvalue weighted by atomic mass is 10.2. The van der Waals surface area contributed by atoms with E-state index in [4.69, 9.17) is 17.2 Å². The molecule has 16 heavy (non-hydrogen) atoms. The van der Waals surface area contributed by atoms with Gasteiger partial charge >= 0.3 is 16.3 Å². The number of nitrogens with two attached hydrogens (primary N) is 4. The van der Waals surface area contributed by atoms with Crippen molar-refractivity contribution < 1.29 is 17.4 Å². The highest BCUT2D eigenvalue weighted by atomic mass is 32.2. The van der Waals surface area contributed by atoms with Crippen molar-refractivity contribution in [3.63, 3.8) is 0 Å². The van der Waals surface area contributed by atoms with E-state index >= 15 is 0 Å². The molecule has 0 aliphatic rings. The van der Waals surface area contributed by atoms with Crippen LogP contribution in [0.5, 0.6) is 0 Å². The second kappa shape index (κ2) is 6.25. The normalized spacial score (nSPS) is 12.9. The van der Waals surface area contributed by atoms with E-state index in [1.807, 2.05) is 0 Å². The maximum Gasteiger partial charge on any atom is 0.382 e. The van der Waals surface area contributed by atoms with Crippen molar-refractivity contribution >= 4 is 22.2 Å². The predicted molar refractivity (Wildman–Crippen MR) is 57.1 cm³/mol. The maximum absolute atomic E-state index is 11.0. The summed E-state index contributed by atoms with van der Waals surface area (Å²) in [6.07, 6.45) is 0.601. The average Bonchev–Trinajstić information content (AvgIpc) is 2.08. The molecule has 0 amide bonds. The minimum atomic E-state index is -4.31. The van der Waals surface area contributed by atoms with Crippen molar-refractivity contribution in [2.75, 3.05) is 6.54 Å². The maximum atomic E-state index is 11.0. The van der Waals surface area contributed by atoms with Gasteiger partial charge in [0, 0.05) is 6.54 Å². The summed E-state index contributed by atoms with van der Waals surface area (Å²) in [6, 6.07) is -1.08. The van der Waals surface area contributed by atoms with Crippen LogP contribution in [0.15, 0.2) is 4.99 Å². The van der Waals surface area contributed by atoms with Gasteiger partial charge in [-0.2, -0.15) is 13.6 Å². The molecule has 0 saturated carbocycles. The van der Waals surface area contributed by atoms with Crippen molar-refractivity contribution in [1.29, 1.82) is 0 Å². The van der Waals surface area contributed by atoms with Crippen molar-refractivity contribution in [2.24, 2.45) is 27.3 Å². The quantitative estimate of drug-likeness (QED) is 0.223. The number of guanidine groups is 1. The number of hydrogen-bond donors (Lipinski definition) is 4. The molecule has 0 saturated heterocycles. The Morgan fingerprint density at radius 3 is 2.38 bits per heavy atom. The average molecular weight is 253 g/mol. The Balaban J connectivity index is 3.94. The molecule has 0 radical (unpaired) electrons. The fourth-order valence-electron chi connectivity index (χ4n) is 0.813. The number of rotatable bonds is 6. The lowest BCUT2D eigenvalue weighted by Gasteiger charge is -2.08. The lowest BCUT2D eigenvalue weighted by Crippen LogP contribution is -2.35. The molecule has 0 unspecified atom stereocenters. The zero-order valence-electron chi connectivity index (χ0n) is 8.50. The SMILES string of the molecule is NC(N)=NCCC[C@H](N)C(=O)OS(N)(=O)=O. The van der Waals surface area contributed by atoms with Gasteiger partial charge in [0.1, 0.15) is 6.04 Å². The number of carbonyl (C=O) groups is 1. The van der Waals surface area contributed by atoms with Gasteiger partial charge in [0.25, 0.3) is 0 Å². The Hall–Kier alpha value is -1.39. The van der Waals surface area contributed by atoms with Crippen LogP contribution in [-0.4, -0.2) is 32.9 Å². The summed E-state index contributed by atoms with van der Waals surface area (Å²) in [4.78, 5) is 14.6. The van der Waals surface area contributed by atoms with E-state index in [0.717, 1.165) is 0 Å². The van der Waals surface area contributed by atoms with Gasteiger partial charge < -0.3 is 21.4 Å². The molecule has 0 heterocycles. The standard InChI is InChI=1S/C6H15N5O4S/c7-4(2-1-3-11-6(8)9)5(12)15-16(10,13)14/h4H,1-3,7H2,(H4,8,9,11)(H2,10,13,14)/t4-/m0/s1. The smallest absolute Gasteiger partial charge is 0.370 e. The van der Waals surface area contributed by atoms with E-state index in [0.29, 0.717) is 13.0 Å². The van der Waals surface area contributed by atoms with Gasteiger partial charge in [-0.05, 0) is 12.8 Å². The van der Waals surface area contributed by atoms with Crippen molar-refractivity contribution in [2.45, 2.75) is 18.9 Å². The minimum Gasteiger partial charge on any atom is -0.370 e. The summed E-state index contributed by atoms with van der Waals surface area (Å²) in [5, 5.41) is 4.49. The van der Waals surface area contributed by atoms with Crippen molar-refractivity contribution in [1.82, 2.24) is 0 Å². The minimum absolute atomic E-state index is 0.0688. The number of nitrogens with zero attached hydrogens (tertiary/aromatic N) is 1. The second-order valence-corrected chi connectivity index (χ2v) is 4.10. The van der Waals surface area contributed by atoms with Gasteiger partial charge in [0.15, 0.2) is 5.96 Å². The van der Waals surface area contributed by atoms with E-state index in [9.17, 15) is 13.2 Å². The molecule has 10 heteroatoms. The third kappa shape index (κ3) is 7.96. The number of aliphatic imine (C=N–C) groups is 1. The Labute approximate surface area is 93.1 Å². The topological polar surface area (TPSA) is 177 Å². The molecule has 0 aromatic heterocycles. The van der Waals surface area contributed by atoms with Gasteiger partial charge in [-0.15, -0.1) is 0 Å². The molecule has 0 aromatic carbocycles. The van der Waals surface area contributed by atoms with E-state index in [1.54, 1.807) is 0 Å². The van der Waals surface area contributed by atoms with Gasteiger partial charge in [0.2, 0.25) is 0 Å². The predicted octanol–water partition coefficient (Wildman–Crippen LogP) is -2.89. The molecule has 9 nitrogen and oxygen atoms in total. The van der Waals surface area contributed by atoms with Crippen LogP contribution < -0.4 is 22.3 Å². The molecular weight excluding hydrogens is 238 g/mol. The van der Waals surface area contributed by atoms with Crippen molar-refractivity contribution in [3.05, 3.63) is 0 Å². The molecule has 0 aliphatic heterocycles. The molecular formula is C6H15N5O4S. The van der Waals surface area contributed by atoms with Gasteiger partial charge in [-0.3, -0.25) is 4.99 Å². The monoisotopic (exact) mass is 253 g/mol. The Bertz CT molecular complexity index is 361. The summed E-state index contributed by atoms with van der Waals surface area (Å²) in [6.45, 7) is 0.290. The molecule has 0 aliphatic carbocycles. The first kappa shape index (κ1) is 14.6. The molecule has 1 atom stereocenters. The molecule has 0 spiro atoms. The largest absolute Gasteiger partial charge is 0.382 e. The van der Waals surface area contributed by atoms with Gasteiger partial charge in [0.05, 0.1) is 0 Å². The highest BCUT2D eigenvalue weighted by Crippen LogP contribution is 1.99. The van der Waals surface area contributed by atoms with Crippen LogP contribution in [-0.2, 0) is 19.3 Å². The van der Waals surface area contributed by atoms with Gasteiger partial charge in [-0.1, -0.05) is 0 Å². The summed E-state index contributed by atoms with van der Waals surface area (Å²) < 4.78 is 24.7.